The molecule has 1 atom stereocenters. The van der Waals surface area contributed by atoms with Crippen LogP contribution in [0.3, 0.4) is 0 Å². The fraction of sp³-hybridized carbons (Fsp3) is 0.600. The topological polar surface area (TPSA) is 3.24 Å². The summed E-state index contributed by atoms with van der Waals surface area (Å²) in [7, 11) is 0. The first kappa shape index (κ1) is 13.2. The van der Waals surface area contributed by atoms with Crippen LogP contribution in [-0.2, 0) is 6.54 Å². The van der Waals surface area contributed by atoms with Gasteiger partial charge < -0.3 is 0 Å². The van der Waals surface area contributed by atoms with Gasteiger partial charge in [0.15, 0.2) is 0 Å². The zero-order chi connectivity index (χ0) is 12.5. The summed E-state index contributed by atoms with van der Waals surface area (Å²) in [5.41, 5.74) is 1.85. The molecule has 0 amide bonds. The summed E-state index contributed by atoms with van der Waals surface area (Å²) in [6.07, 6.45) is 1.40. The summed E-state index contributed by atoms with van der Waals surface area (Å²) in [6, 6.07) is 10.9. The molecule has 1 saturated heterocycles. The Balaban J connectivity index is 2.06. The Hall–Kier alpha value is -0.277. The summed E-state index contributed by atoms with van der Waals surface area (Å²) in [5, 5.41) is 0. The van der Waals surface area contributed by atoms with Crippen molar-refractivity contribution >= 4 is 14.3 Å². The quantitative estimate of drug-likeness (QED) is 0.766. The summed E-state index contributed by atoms with van der Waals surface area (Å²) >= 11 is -0.752. The summed E-state index contributed by atoms with van der Waals surface area (Å²) in [6.45, 7) is 7.27. The van der Waals surface area contributed by atoms with Gasteiger partial charge in [0.1, 0.15) is 0 Å². The van der Waals surface area contributed by atoms with Crippen LogP contribution in [0.15, 0.2) is 30.3 Å². The van der Waals surface area contributed by atoms with Gasteiger partial charge in [0.25, 0.3) is 0 Å². The molecular formula is C15H24GeN. The Morgan fingerprint density at radius 3 is 2.41 bits per heavy atom. The Morgan fingerprint density at radius 1 is 1.24 bits per heavy atom. The molecule has 1 aliphatic rings. The SMILES string of the molecule is [CH3][Ge]([CH3])[CH]1CN(Cc2ccccc2)C(C)(C)C1. The molecule has 0 aliphatic carbocycles. The van der Waals surface area contributed by atoms with Gasteiger partial charge in [0.2, 0.25) is 0 Å². The third-order valence-corrected chi connectivity index (χ3v) is 8.31. The van der Waals surface area contributed by atoms with Crippen molar-refractivity contribution in [2.45, 2.75) is 48.6 Å². The normalized spacial score (nSPS) is 24.4. The summed E-state index contributed by atoms with van der Waals surface area (Å²) < 4.78 is 1.02. The van der Waals surface area contributed by atoms with Crippen LogP contribution in [0.5, 0.6) is 0 Å². The molecule has 0 spiro atoms. The third-order valence-electron chi connectivity index (χ3n) is 4.08. The molecule has 1 aromatic rings. The zero-order valence-corrected chi connectivity index (χ0v) is 13.6. The maximum absolute atomic E-state index is 2.69. The van der Waals surface area contributed by atoms with Crippen LogP contribution in [0.2, 0.25) is 16.3 Å². The number of likely N-dealkylation sites (tertiary alicyclic amines) is 1. The molecule has 1 unspecified atom stereocenters. The van der Waals surface area contributed by atoms with E-state index in [1.54, 1.807) is 0 Å². The molecule has 1 aromatic carbocycles. The number of nitrogens with zero attached hydrogens (tertiary/aromatic N) is 1. The Labute approximate surface area is 110 Å². The minimum absolute atomic E-state index is 0.394. The molecule has 0 N–H and O–H groups in total. The van der Waals surface area contributed by atoms with Crippen molar-refractivity contribution in [3.05, 3.63) is 35.9 Å². The number of hydrogen-bond donors (Lipinski definition) is 0. The third kappa shape index (κ3) is 3.14. The minimum atomic E-state index is -0.752. The van der Waals surface area contributed by atoms with Crippen LogP contribution in [0, 0.1) is 0 Å². The first-order valence-corrected chi connectivity index (χ1v) is 12.0. The molecule has 0 aromatic heterocycles. The first-order valence-electron chi connectivity index (χ1n) is 6.58. The van der Waals surface area contributed by atoms with Gasteiger partial charge in [-0.05, 0) is 0 Å². The van der Waals surface area contributed by atoms with E-state index >= 15 is 0 Å². The second-order valence-corrected chi connectivity index (χ2v) is 12.4. The second-order valence-electron chi connectivity index (χ2n) is 6.16. The average molecular weight is 291 g/mol. The predicted molar refractivity (Wildman–Crippen MR) is 76.8 cm³/mol. The molecule has 1 aliphatic heterocycles. The number of rotatable bonds is 3. The van der Waals surface area contributed by atoms with E-state index in [1.807, 2.05) is 0 Å². The van der Waals surface area contributed by atoms with E-state index in [2.05, 4.69) is 60.6 Å². The van der Waals surface area contributed by atoms with Crippen molar-refractivity contribution in [1.29, 1.82) is 0 Å². The fourth-order valence-electron chi connectivity index (χ4n) is 2.78. The Morgan fingerprint density at radius 2 is 1.88 bits per heavy atom. The van der Waals surface area contributed by atoms with Crippen molar-refractivity contribution in [2.75, 3.05) is 6.54 Å². The van der Waals surface area contributed by atoms with Crippen LogP contribution < -0.4 is 0 Å². The van der Waals surface area contributed by atoms with E-state index < -0.39 is 14.3 Å². The molecule has 93 valence electrons. The van der Waals surface area contributed by atoms with Gasteiger partial charge in [0.05, 0.1) is 0 Å². The van der Waals surface area contributed by atoms with Gasteiger partial charge in [-0.25, -0.2) is 0 Å². The van der Waals surface area contributed by atoms with Gasteiger partial charge in [-0.2, -0.15) is 0 Å². The van der Waals surface area contributed by atoms with E-state index in [4.69, 9.17) is 0 Å². The number of benzene rings is 1. The summed E-state index contributed by atoms with van der Waals surface area (Å²) in [4.78, 5) is 2.69. The fourth-order valence-corrected chi connectivity index (χ4v) is 5.91. The van der Waals surface area contributed by atoms with Crippen LogP contribution in [0.25, 0.3) is 0 Å². The van der Waals surface area contributed by atoms with Crippen molar-refractivity contribution in [2.24, 2.45) is 0 Å². The van der Waals surface area contributed by atoms with E-state index in [1.165, 1.54) is 18.5 Å². The predicted octanol–water partition coefficient (Wildman–Crippen LogP) is 3.80. The Bertz CT molecular complexity index is 358. The molecule has 1 nitrogen and oxygen atoms in total. The average Bonchev–Trinajstić information content (AvgIpc) is 2.56. The van der Waals surface area contributed by atoms with Crippen molar-refractivity contribution in [3.8, 4) is 0 Å². The monoisotopic (exact) mass is 292 g/mol. The molecule has 1 fully saturated rings. The maximum atomic E-state index is 2.69. The molecule has 2 rings (SSSR count). The van der Waals surface area contributed by atoms with Gasteiger partial charge in [-0.1, -0.05) is 0 Å². The molecular weight excluding hydrogens is 267 g/mol. The van der Waals surface area contributed by atoms with Gasteiger partial charge >= 0.3 is 110 Å². The van der Waals surface area contributed by atoms with Crippen molar-refractivity contribution in [1.82, 2.24) is 4.90 Å². The molecule has 2 heteroatoms. The zero-order valence-electron chi connectivity index (χ0n) is 11.5. The van der Waals surface area contributed by atoms with Gasteiger partial charge in [-0.3, -0.25) is 0 Å². The first-order chi connectivity index (χ1) is 7.99. The van der Waals surface area contributed by atoms with E-state index in [0.29, 0.717) is 5.54 Å². The Kier molecular flexibility index (Phi) is 3.99. The van der Waals surface area contributed by atoms with Crippen LogP contribution >= 0.6 is 0 Å². The molecule has 0 saturated carbocycles. The van der Waals surface area contributed by atoms with Crippen molar-refractivity contribution < 1.29 is 0 Å². The standard InChI is InChI=1S/C15H24GeN/c1-15(2)10-14(16(3)4)12-17(15)11-13-8-6-5-7-9-13/h5-9,14H,10-12H2,1-4H3. The van der Waals surface area contributed by atoms with E-state index in [0.717, 1.165) is 11.3 Å². The molecule has 1 radical (unpaired) electrons. The van der Waals surface area contributed by atoms with Crippen LogP contribution in [0.1, 0.15) is 25.8 Å². The molecule has 0 bridgehead atoms. The van der Waals surface area contributed by atoms with Gasteiger partial charge in [-0.15, -0.1) is 0 Å². The van der Waals surface area contributed by atoms with E-state index in [-0.39, 0.29) is 0 Å². The molecule has 1 heterocycles. The van der Waals surface area contributed by atoms with Crippen molar-refractivity contribution in [3.63, 3.8) is 0 Å². The van der Waals surface area contributed by atoms with E-state index in [9.17, 15) is 0 Å². The van der Waals surface area contributed by atoms with Crippen LogP contribution in [-0.4, -0.2) is 31.3 Å². The van der Waals surface area contributed by atoms with Crippen LogP contribution in [0.4, 0.5) is 0 Å². The van der Waals surface area contributed by atoms with Gasteiger partial charge in [0, 0.05) is 0 Å². The second kappa shape index (κ2) is 5.15. The number of hydrogen-bond acceptors (Lipinski definition) is 1. The molecule has 17 heavy (non-hydrogen) atoms. The summed E-state index contributed by atoms with van der Waals surface area (Å²) in [5.74, 6) is 5.04.